The van der Waals surface area contributed by atoms with E-state index >= 15 is 0 Å². The summed E-state index contributed by atoms with van der Waals surface area (Å²) in [7, 11) is 0. The van der Waals surface area contributed by atoms with Gasteiger partial charge in [-0.3, -0.25) is 10.1 Å². The minimum Gasteiger partial charge on any atom is -0.481 e. The predicted molar refractivity (Wildman–Crippen MR) is 84.0 cm³/mol. The number of ether oxygens (including phenoxy) is 2. The summed E-state index contributed by atoms with van der Waals surface area (Å²) in [4.78, 5) is 33.4. The number of nitro benzene ring substituents is 1. The van der Waals surface area contributed by atoms with E-state index in [1.165, 1.54) is 31.2 Å². The molecule has 0 saturated carbocycles. The number of benzene rings is 1. The van der Waals surface area contributed by atoms with Crippen molar-refractivity contribution in [2.45, 2.75) is 45.4 Å². The molecule has 0 spiro atoms. The standard InChI is InChI=1S/C15H20N2O7/c1-9(23-11-8-6-5-7-10(11)17(21)22)12(13(18)19)16-14(20)24-15(2,3)4/h5-9,12H,1-4H3,(H,16,20)(H,18,19)/t9?,12-/m0/s1. The molecular weight excluding hydrogens is 320 g/mol. The summed E-state index contributed by atoms with van der Waals surface area (Å²) in [5.74, 6) is -1.45. The quantitative estimate of drug-likeness (QED) is 0.600. The maximum Gasteiger partial charge on any atom is 0.408 e. The highest BCUT2D eigenvalue weighted by Crippen LogP contribution is 2.27. The highest BCUT2D eigenvalue weighted by Gasteiger charge is 2.31. The molecule has 9 heteroatoms. The minimum atomic E-state index is -1.44. The Hall–Kier alpha value is -2.84. The zero-order valence-corrected chi connectivity index (χ0v) is 13.8. The molecule has 0 fully saturated rings. The Morgan fingerprint density at radius 1 is 1.29 bits per heavy atom. The van der Waals surface area contributed by atoms with Gasteiger partial charge >= 0.3 is 17.7 Å². The number of para-hydroxylation sites is 2. The van der Waals surface area contributed by atoms with Crippen molar-refractivity contribution in [2.75, 3.05) is 0 Å². The summed E-state index contributed by atoms with van der Waals surface area (Å²) in [6, 6.07) is 4.12. The van der Waals surface area contributed by atoms with Gasteiger partial charge in [0.1, 0.15) is 11.7 Å². The second-order valence-electron chi connectivity index (χ2n) is 6.01. The van der Waals surface area contributed by atoms with Gasteiger partial charge in [-0.15, -0.1) is 0 Å². The predicted octanol–water partition coefficient (Wildman–Crippen LogP) is 2.34. The third kappa shape index (κ3) is 5.75. The van der Waals surface area contributed by atoms with Gasteiger partial charge in [0.05, 0.1) is 4.92 Å². The van der Waals surface area contributed by atoms with Crippen molar-refractivity contribution in [3.63, 3.8) is 0 Å². The number of rotatable bonds is 6. The third-order valence-corrected chi connectivity index (χ3v) is 2.78. The Bertz CT molecular complexity index is 624. The molecule has 1 amide bonds. The van der Waals surface area contributed by atoms with E-state index in [9.17, 15) is 24.8 Å². The van der Waals surface area contributed by atoms with Crippen molar-refractivity contribution in [3.05, 3.63) is 34.4 Å². The molecule has 0 saturated heterocycles. The fraction of sp³-hybridized carbons (Fsp3) is 0.467. The average molecular weight is 340 g/mol. The van der Waals surface area contributed by atoms with Gasteiger partial charge in [0.2, 0.25) is 0 Å². The number of alkyl carbamates (subject to hydrolysis) is 1. The Labute approximate surface area is 138 Å². The molecule has 0 aliphatic carbocycles. The zero-order chi connectivity index (χ0) is 18.5. The molecule has 0 aliphatic heterocycles. The number of hydrogen-bond acceptors (Lipinski definition) is 6. The molecule has 1 rings (SSSR count). The molecule has 0 radical (unpaired) electrons. The van der Waals surface area contributed by atoms with Crippen LogP contribution < -0.4 is 10.1 Å². The molecule has 24 heavy (non-hydrogen) atoms. The number of amides is 1. The van der Waals surface area contributed by atoms with Crippen molar-refractivity contribution < 1.29 is 29.1 Å². The van der Waals surface area contributed by atoms with E-state index in [4.69, 9.17) is 9.47 Å². The molecule has 1 aromatic carbocycles. The largest absolute Gasteiger partial charge is 0.481 e. The summed E-state index contributed by atoms with van der Waals surface area (Å²) in [6.07, 6.45) is -2.00. The third-order valence-electron chi connectivity index (χ3n) is 2.78. The van der Waals surface area contributed by atoms with Crippen LogP contribution in [0.25, 0.3) is 0 Å². The normalized spacial score (nSPS) is 13.5. The summed E-state index contributed by atoms with van der Waals surface area (Å²) < 4.78 is 10.4. The van der Waals surface area contributed by atoms with E-state index in [0.717, 1.165) is 0 Å². The SMILES string of the molecule is CC(Oc1ccccc1[N+](=O)[O-])[C@H](NC(=O)OC(C)(C)C)C(=O)O. The average Bonchev–Trinajstić information content (AvgIpc) is 2.42. The van der Waals surface area contributed by atoms with Gasteiger partial charge in [0, 0.05) is 6.07 Å². The van der Waals surface area contributed by atoms with Gasteiger partial charge in [-0.25, -0.2) is 9.59 Å². The highest BCUT2D eigenvalue weighted by molar-refractivity contribution is 5.80. The fourth-order valence-corrected chi connectivity index (χ4v) is 1.79. The topological polar surface area (TPSA) is 128 Å². The summed E-state index contributed by atoms with van der Waals surface area (Å²) in [5.41, 5.74) is -1.10. The van der Waals surface area contributed by atoms with Gasteiger partial charge in [0.25, 0.3) is 0 Å². The maximum absolute atomic E-state index is 11.7. The monoisotopic (exact) mass is 340 g/mol. The highest BCUT2D eigenvalue weighted by atomic mass is 16.6. The Balaban J connectivity index is 2.88. The van der Waals surface area contributed by atoms with Crippen LogP contribution in [0.1, 0.15) is 27.7 Å². The van der Waals surface area contributed by atoms with Crippen LogP contribution in [-0.2, 0) is 9.53 Å². The Morgan fingerprint density at radius 3 is 2.38 bits per heavy atom. The molecule has 0 aromatic heterocycles. The van der Waals surface area contributed by atoms with Crippen molar-refractivity contribution in [2.24, 2.45) is 0 Å². The molecule has 0 aliphatic rings. The lowest BCUT2D eigenvalue weighted by Crippen LogP contribution is -2.51. The number of hydrogen-bond donors (Lipinski definition) is 2. The van der Waals surface area contributed by atoms with E-state index in [-0.39, 0.29) is 11.4 Å². The second kappa shape index (κ2) is 7.62. The van der Waals surface area contributed by atoms with Crippen LogP contribution in [0.15, 0.2) is 24.3 Å². The first-order chi connectivity index (χ1) is 11.0. The van der Waals surface area contributed by atoms with Crippen LogP contribution >= 0.6 is 0 Å². The lowest BCUT2D eigenvalue weighted by molar-refractivity contribution is -0.386. The molecule has 9 nitrogen and oxygen atoms in total. The number of carbonyl (C=O) groups excluding carboxylic acids is 1. The molecule has 1 aromatic rings. The number of nitrogens with one attached hydrogen (secondary N) is 1. The molecule has 1 unspecified atom stereocenters. The first-order valence-electron chi connectivity index (χ1n) is 7.13. The number of nitrogens with zero attached hydrogens (tertiary/aromatic N) is 1. The van der Waals surface area contributed by atoms with Crippen LogP contribution in [0.4, 0.5) is 10.5 Å². The number of carboxylic acid groups (broad SMARTS) is 1. The fourth-order valence-electron chi connectivity index (χ4n) is 1.79. The van der Waals surface area contributed by atoms with Gasteiger partial charge in [-0.2, -0.15) is 0 Å². The van der Waals surface area contributed by atoms with Crippen LogP contribution in [0, 0.1) is 10.1 Å². The van der Waals surface area contributed by atoms with E-state index in [2.05, 4.69) is 5.32 Å². The van der Waals surface area contributed by atoms with Gasteiger partial charge in [0.15, 0.2) is 11.8 Å². The Morgan fingerprint density at radius 2 is 1.88 bits per heavy atom. The maximum atomic E-state index is 11.7. The lowest BCUT2D eigenvalue weighted by Gasteiger charge is -2.25. The van der Waals surface area contributed by atoms with Crippen molar-refractivity contribution in [1.82, 2.24) is 5.32 Å². The van der Waals surface area contributed by atoms with Crippen molar-refractivity contribution in [1.29, 1.82) is 0 Å². The van der Waals surface area contributed by atoms with E-state index in [1.54, 1.807) is 20.8 Å². The molecular formula is C15H20N2O7. The van der Waals surface area contributed by atoms with E-state index in [0.29, 0.717) is 0 Å². The van der Waals surface area contributed by atoms with Gasteiger partial charge in [-0.1, -0.05) is 12.1 Å². The molecule has 2 atom stereocenters. The van der Waals surface area contributed by atoms with Crippen LogP contribution in [0.3, 0.4) is 0 Å². The number of carbonyl (C=O) groups is 2. The molecule has 2 N–H and O–H groups in total. The first-order valence-corrected chi connectivity index (χ1v) is 7.13. The minimum absolute atomic E-state index is 0.0905. The molecule has 0 bridgehead atoms. The van der Waals surface area contributed by atoms with Gasteiger partial charge < -0.3 is 19.9 Å². The van der Waals surface area contributed by atoms with E-state index in [1.807, 2.05) is 0 Å². The first kappa shape index (κ1) is 19.2. The molecule has 0 heterocycles. The summed E-state index contributed by atoms with van der Waals surface area (Å²) in [5, 5.41) is 22.4. The van der Waals surface area contributed by atoms with Gasteiger partial charge in [-0.05, 0) is 33.8 Å². The van der Waals surface area contributed by atoms with Crippen molar-refractivity contribution in [3.8, 4) is 5.75 Å². The smallest absolute Gasteiger partial charge is 0.408 e. The van der Waals surface area contributed by atoms with Crippen molar-refractivity contribution >= 4 is 17.7 Å². The second-order valence-corrected chi connectivity index (χ2v) is 6.01. The summed E-state index contributed by atoms with van der Waals surface area (Å²) >= 11 is 0. The van der Waals surface area contributed by atoms with E-state index < -0.39 is 34.7 Å². The van der Waals surface area contributed by atoms with Crippen LogP contribution in [-0.4, -0.2) is 39.8 Å². The zero-order valence-electron chi connectivity index (χ0n) is 13.8. The lowest BCUT2D eigenvalue weighted by atomic mass is 10.1. The number of carboxylic acids is 1. The summed E-state index contributed by atoms with van der Waals surface area (Å²) in [6.45, 7) is 6.29. The van der Waals surface area contributed by atoms with Crippen LogP contribution in [0.2, 0.25) is 0 Å². The Kier molecular flexibility index (Phi) is 6.10. The molecule has 132 valence electrons. The number of nitro groups is 1. The van der Waals surface area contributed by atoms with Crippen LogP contribution in [0.5, 0.6) is 5.75 Å². The number of aliphatic carboxylic acids is 1.